The molecule has 0 bridgehead atoms. The molecule has 1 N–H and O–H groups in total. The van der Waals surface area contributed by atoms with Crippen molar-refractivity contribution in [2.75, 3.05) is 6.54 Å². The second-order valence-corrected chi connectivity index (χ2v) is 5.93. The summed E-state index contributed by atoms with van der Waals surface area (Å²) in [6.07, 6.45) is 3.13. The largest absolute Gasteiger partial charge is 0.306 e. The number of aryl methyl sites for hydroxylation is 4. The topological polar surface area (TPSA) is 24.9 Å². The summed E-state index contributed by atoms with van der Waals surface area (Å²) in [5.41, 5.74) is 7.71. The number of rotatable bonds is 5. The number of hydrogen-bond acceptors (Lipinski definition) is 2. The highest BCUT2D eigenvalue weighted by molar-refractivity contribution is 5.43. The molecular formula is C19H26N2. The number of aromatic nitrogens is 1. The lowest BCUT2D eigenvalue weighted by Gasteiger charge is -2.24. The highest BCUT2D eigenvalue weighted by atomic mass is 14.9. The number of benzene rings is 1. The Hall–Kier alpha value is -1.67. The summed E-state index contributed by atoms with van der Waals surface area (Å²) in [7, 11) is 0. The molecule has 0 radical (unpaired) electrons. The quantitative estimate of drug-likeness (QED) is 0.879. The van der Waals surface area contributed by atoms with Gasteiger partial charge in [-0.1, -0.05) is 30.7 Å². The minimum Gasteiger partial charge on any atom is -0.306 e. The highest BCUT2D eigenvalue weighted by Crippen LogP contribution is 2.28. The van der Waals surface area contributed by atoms with Gasteiger partial charge in [0.1, 0.15) is 0 Å². The van der Waals surface area contributed by atoms with Crippen molar-refractivity contribution in [3.63, 3.8) is 0 Å². The Balaban J connectivity index is 2.47. The summed E-state index contributed by atoms with van der Waals surface area (Å²) in [4.78, 5) is 4.47. The smallest absolute Gasteiger partial charge is 0.0597 e. The molecule has 0 saturated carbocycles. The first-order valence-electron chi connectivity index (χ1n) is 7.76. The molecule has 112 valence electrons. The van der Waals surface area contributed by atoms with Crippen LogP contribution < -0.4 is 5.32 Å². The van der Waals surface area contributed by atoms with E-state index in [0.29, 0.717) is 0 Å². The van der Waals surface area contributed by atoms with Crippen molar-refractivity contribution in [3.05, 3.63) is 64.0 Å². The summed E-state index contributed by atoms with van der Waals surface area (Å²) in [5.74, 6) is 0. The zero-order valence-electron chi connectivity index (χ0n) is 13.8. The predicted octanol–water partition coefficient (Wildman–Crippen LogP) is 4.40. The number of nitrogens with zero attached hydrogens (tertiary/aromatic N) is 1. The fraction of sp³-hybridized carbons (Fsp3) is 0.421. The Labute approximate surface area is 128 Å². The van der Waals surface area contributed by atoms with Gasteiger partial charge in [0.05, 0.1) is 6.04 Å². The predicted molar refractivity (Wildman–Crippen MR) is 89.8 cm³/mol. The van der Waals surface area contributed by atoms with Crippen LogP contribution in [0.3, 0.4) is 0 Å². The third-order valence-corrected chi connectivity index (χ3v) is 3.89. The lowest BCUT2D eigenvalue weighted by Crippen LogP contribution is -2.25. The summed E-state index contributed by atoms with van der Waals surface area (Å²) < 4.78 is 0. The Bertz CT molecular complexity index is 576. The van der Waals surface area contributed by atoms with Crippen molar-refractivity contribution < 1.29 is 0 Å². The monoisotopic (exact) mass is 282 g/mol. The molecule has 1 heterocycles. The molecule has 1 aromatic heterocycles. The van der Waals surface area contributed by atoms with E-state index in [-0.39, 0.29) is 6.04 Å². The molecule has 1 unspecified atom stereocenters. The summed E-state index contributed by atoms with van der Waals surface area (Å²) >= 11 is 0. The van der Waals surface area contributed by atoms with Gasteiger partial charge in [0.25, 0.3) is 0 Å². The number of hydrogen-bond donors (Lipinski definition) is 1. The van der Waals surface area contributed by atoms with E-state index in [4.69, 9.17) is 0 Å². The zero-order valence-corrected chi connectivity index (χ0v) is 13.8. The molecule has 0 spiro atoms. The lowest BCUT2D eigenvalue weighted by molar-refractivity contribution is 0.592. The molecule has 2 nitrogen and oxygen atoms in total. The fourth-order valence-corrected chi connectivity index (χ4v) is 2.97. The van der Waals surface area contributed by atoms with Crippen LogP contribution in [0.25, 0.3) is 0 Å². The number of nitrogens with one attached hydrogen (secondary N) is 1. The Morgan fingerprint density at radius 1 is 1.05 bits per heavy atom. The van der Waals surface area contributed by atoms with Crippen molar-refractivity contribution in [3.8, 4) is 0 Å². The highest BCUT2D eigenvalue weighted by Gasteiger charge is 2.18. The van der Waals surface area contributed by atoms with E-state index in [1.807, 2.05) is 13.1 Å². The van der Waals surface area contributed by atoms with Gasteiger partial charge < -0.3 is 5.32 Å². The van der Waals surface area contributed by atoms with Crippen molar-refractivity contribution in [2.45, 2.75) is 47.1 Å². The van der Waals surface area contributed by atoms with Gasteiger partial charge in [-0.05, 0) is 69.0 Å². The Kier molecular flexibility index (Phi) is 5.13. The van der Waals surface area contributed by atoms with Gasteiger partial charge in [0.15, 0.2) is 0 Å². The maximum absolute atomic E-state index is 4.47. The van der Waals surface area contributed by atoms with Crippen molar-refractivity contribution in [1.82, 2.24) is 10.3 Å². The maximum atomic E-state index is 4.47. The van der Waals surface area contributed by atoms with E-state index in [0.717, 1.165) is 18.7 Å². The van der Waals surface area contributed by atoms with Crippen LogP contribution >= 0.6 is 0 Å². The van der Waals surface area contributed by atoms with Crippen LogP contribution in [-0.4, -0.2) is 11.5 Å². The molecule has 2 aromatic rings. The summed E-state index contributed by atoms with van der Waals surface area (Å²) in [6.45, 7) is 11.8. The molecule has 0 aliphatic rings. The van der Waals surface area contributed by atoms with Crippen LogP contribution in [0.5, 0.6) is 0 Å². The molecule has 0 fully saturated rings. The molecule has 0 saturated heterocycles. The van der Waals surface area contributed by atoms with E-state index in [9.17, 15) is 0 Å². The molecular weight excluding hydrogens is 256 g/mol. The molecule has 21 heavy (non-hydrogen) atoms. The zero-order chi connectivity index (χ0) is 15.4. The molecule has 2 heteroatoms. The van der Waals surface area contributed by atoms with Gasteiger partial charge in [0, 0.05) is 11.9 Å². The Morgan fingerprint density at radius 2 is 1.71 bits per heavy atom. The van der Waals surface area contributed by atoms with Crippen LogP contribution in [0.2, 0.25) is 0 Å². The van der Waals surface area contributed by atoms with Crippen molar-refractivity contribution in [2.24, 2.45) is 0 Å². The van der Waals surface area contributed by atoms with Crippen LogP contribution in [-0.2, 0) is 0 Å². The summed E-state index contributed by atoms with van der Waals surface area (Å²) in [5, 5.41) is 3.68. The van der Waals surface area contributed by atoms with Gasteiger partial charge >= 0.3 is 0 Å². The first kappa shape index (κ1) is 15.7. The molecule has 2 rings (SSSR count). The molecule has 0 aliphatic carbocycles. The van der Waals surface area contributed by atoms with E-state index in [2.05, 4.69) is 62.3 Å². The molecule has 0 aliphatic heterocycles. The minimum absolute atomic E-state index is 0.221. The standard InChI is InChI=1S/C19H26N2/c1-6-9-20-19(17-8-7-16(5)21-12-17)18-14(3)10-13(2)11-15(18)4/h7-8,10-12,19-20H,6,9H2,1-5H3. The van der Waals surface area contributed by atoms with Crippen LogP contribution in [0.1, 0.15) is 52.9 Å². The van der Waals surface area contributed by atoms with Crippen LogP contribution in [0.4, 0.5) is 0 Å². The van der Waals surface area contributed by atoms with Crippen molar-refractivity contribution in [1.29, 1.82) is 0 Å². The van der Waals surface area contributed by atoms with Gasteiger partial charge in [-0.2, -0.15) is 0 Å². The molecule has 0 amide bonds. The van der Waals surface area contributed by atoms with E-state index < -0.39 is 0 Å². The number of pyridine rings is 1. The van der Waals surface area contributed by atoms with E-state index >= 15 is 0 Å². The average Bonchev–Trinajstić information content (AvgIpc) is 2.42. The SMILES string of the molecule is CCCNC(c1ccc(C)nc1)c1c(C)cc(C)cc1C. The third-order valence-electron chi connectivity index (χ3n) is 3.89. The third kappa shape index (κ3) is 3.70. The van der Waals surface area contributed by atoms with Crippen LogP contribution in [0.15, 0.2) is 30.5 Å². The molecule has 1 atom stereocenters. The average molecular weight is 282 g/mol. The minimum atomic E-state index is 0.221. The van der Waals surface area contributed by atoms with Crippen molar-refractivity contribution >= 4 is 0 Å². The van der Waals surface area contributed by atoms with Gasteiger partial charge in [-0.3, -0.25) is 4.98 Å². The van der Waals surface area contributed by atoms with E-state index in [1.165, 1.54) is 27.8 Å². The van der Waals surface area contributed by atoms with Gasteiger partial charge in [-0.25, -0.2) is 0 Å². The molecule has 1 aromatic carbocycles. The van der Waals surface area contributed by atoms with Crippen LogP contribution in [0, 0.1) is 27.7 Å². The first-order valence-corrected chi connectivity index (χ1v) is 7.76. The van der Waals surface area contributed by atoms with Gasteiger partial charge in [-0.15, -0.1) is 0 Å². The first-order chi connectivity index (χ1) is 10.0. The second-order valence-electron chi connectivity index (χ2n) is 5.93. The fourth-order valence-electron chi connectivity index (χ4n) is 2.97. The summed E-state index contributed by atoms with van der Waals surface area (Å²) in [6, 6.07) is 9.04. The Morgan fingerprint density at radius 3 is 2.24 bits per heavy atom. The maximum Gasteiger partial charge on any atom is 0.0597 e. The second kappa shape index (κ2) is 6.86. The normalized spacial score (nSPS) is 12.4. The lowest BCUT2D eigenvalue weighted by atomic mass is 9.90. The van der Waals surface area contributed by atoms with Gasteiger partial charge in [0.2, 0.25) is 0 Å². The van der Waals surface area contributed by atoms with E-state index in [1.54, 1.807) is 0 Å².